The summed E-state index contributed by atoms with van der Waals surface area (Å²) in [5, 5.41) is 14.5. The monoisotopic (exact) mass is 470 g/mol. The molecular weight excluding hydrogens is 440 g/mol. The first-order valence-corrected chi connectivity index (χ1v) is 12.5. The van der Waals surface area contributed by atoms with Crippen molar-refractivity contribution in [2.45, 2.75) is 69.4 Å². The lowest BCUT2D eigenvalue weighted by atomic mass is 9.68. The van der Waals surface area contributed by atoms with Crippen LogP contribution in [-0.2, 0) is 18.3 Å². The third-order valence-electron chi connectivity index (χ3n) is 8.28. The Balaban J connectivity index is 1.36. The largest absolute Gasteiger partial charge is 0.459 e. The van der Waals surface area contributed by atoms with Gasteiger partial charge < -0.3 is 15.0 Å². The van der Waals surface area contributed by atoms with Crippen molar-refractivity contribution in [3.63, 3.8) is 0 Å². The summed E-state index contributed by atoms with van der Waals surface area (Å²) in [5.74, 6) is 0.674. The number of fused-ring (bicyclic) bond motifs is 4. The van der Waals surface area contributed by atoms with Crippen molar-refractivity contribution < 1.29 is 9.26 Å². The second kappa shape index (κ2) is 8.35. The molecular formula is C27H30N6O2. The highest BCUT2D eigenvalue weighted by Crippen LogP contribution is 2.53. The van der Waals surface area contributed by atoms with E-state index in [1.54, 1.807) is 6.20 Å². The van der Waals surface area contributed by atoms with Gasteiger partial charge in [-0.2, -0.15) is 10.2 Å². The number of nitriles is 1. The highest BCUT2D eigenvalue weighted by atomic mass is 16.5. The normalized spacial score (nSPS) is 24.2. The molecule has 0 amide bonds. The van der Waals surface area contributed by atoms with E-state index in [1.165, 1.54) is 12.0 Å². The summed E-state index contributed by atoms with van der Waals surface area (Å²) in [6.07, 6.45) is 8.61. The van der Waals surface area contributed by atoms with Gasteiger partial charge in [0, 0.05) is 28.9 Å². The molecule has 3 aromatic rings. The second-order valence-corrected chi connectivity index (χ2v) is 10.2. The third-order valence-corrected chi connectivity index (χ3v) is 8.28. The van der Waals surface area contributed by atoms with Crippen LogP contribution in [0.4, 0.5) is 5.69 Å². The molecule has 0 unspecified atom stereocenters. The van der Waals surface area contributed by atoms with Crippen LogP contribution < -0.4 is 10.5 Å². The molecule has 1 aromatic carbocycles. The molecule has 2 aromatic heterocycles. The molecule has 1 fully saturated rings. The van der Waals surface area contributed by atoms with Crippen LogP contribution >= 0.6 is 0 Å². The molecule has 1 aliphatic heterocycles. The van der Waals surface area contributed by atoms with Gasteiger partial charge in [-0.1, -0.05) is 11.2 Å². The molecule has 2 N–H and O–H groups in total. The number of likely N-dealkylation sites (N-methyl/N-ethyl adjacent to an activating group) is 1. The fraction of sp³-hybridized carbons (Fsp3) is 0.481. The molecule has 1 spiro atoms. The van der Waals surface area contributed by atoms with E-state index in [0.717, 1.165) is 61.9 Å². The number of nitrogens with zero attached hydrogens (tertiary/aromatic N) is 5. The number of hydrogen-bond donors (Lipinski definition) is 1. The summed E-state index contributed by atoms with van der Waals surface area (Å²) in [6, 6.07) is 8.85. The van der Waals surface area contributed by atoms with Crippen LogP contribution in [0.25, 0.3) is 11.5 Å². The molecule has 8 heteroatoms. The van der Waals surface area contributed by atoms with Gasteiger partial charge in [-0.3, -0.25) is 4.90 Å². The number of aryl methyl sites for hydroxylation is 1. The van der Waals surface area contributed by atoms with Crippen molar-refractivity contribution in [3.8, 4) is 23.5 Å². The van der Waals surface area contributed by atoms with E-state index in [0.29, 0.717) is 34.8 Å². The van der Waals surface area contributed by atoms with Gasteiger partial charge in [-0.05, 0) is 88.7 Å². The molecule has 0 radical (unpaired) electrons. The van der Waals surface area contributed by atoms with E-state index in [9.17, 15) is 5.26 Å². The summed E-state index contributed by atoms with van der Waals surface area (Å²) in [5.41, 5.74) is 11.9. The van der Waals surface area contributed by atoms with Crippen molar-refractivity contribution in [2.75, 3.05) is 19.3 Å². The van der Waals surface area contributed by atoms with E-state index >= 15 is 0 Å². The number of anilines is 1. The van der Waals surface area contributed by atoms with E-state index < -0.39 is 0 Å². The minimum atomic E-state index is -0.334. The lowest BCUT2D eigenvalue weighted by Crippen LogP contribution is -2.38. The van der Waals surface area contributed by atoms with Crippen molar-refractivity contribution in [1.82, 2.24) is 20.0 Å². The topological polar surface area (TPSA) is 114 Å². The molecule has 35 heavy (non-hydrogen) atoms. The number of rotatable bonds is 4. The fourth-order valence-electron chi connectivity index (χ4n) is 6.60. The summed E-state index contributed by atoms with van der Waals surface area (Å²) < 4.78 is 12.1. The molecule has 3 heterocycles. The first-order chi connectivity index (χ1) is 17.0. The maximum Gasteiger partial charge on any atom is 0.317 e. The van der Waals surface area contributed by atoms with E-state index in [1.807, 2.05) is 12.1 Å². The minimum Gasteiger partial charge on any atom is -0.459 e. The number of nitrogens with two attached hydrogens (primary N) is 1. The quantitative estimate of drug-likeness (QED) is 0.569. The summed E-state index contributed by atoms with van der Waals surface area (Å²) in [4.78, 5) is 11.4. The Morgan fingerprint density at radius 2 is 2.14 bits per heavy atom. The number of likely N-dealkylation sites (tertiary alicyclic amines) is 1. The van der Waals surface area contributed by atoms with Gasteiger partial charge in [-0.15, -0.1) is 0 Å². The second-order valence-electron chi connectivity index (χ2n) is 10.2. The van der Waals surface area contributed by atoms with E-state index in [4.69, 9.17) is 20.0 Å². The highest BCUT2D eigenvalue weighted by Gasteiger charge is 2.48. The van der Waals surface area contributed by atoms with Crippen LogP contribution in [0.1, 0.15) is 67.0 Å². The summed E-state index contributed by atoms with van der Waals surface area (Å²) in [7, 11) is 2.14. The maximum absolute atomic E-state index is 9.92. The number of benzene rings is 1. The Kier molecular flexibility index (Phi) is 5.26. The van der Waals surface area contributed by atoms with Crippen molar-refractivity contribution in [3.05, 3.63) is 52.3 Å². The Morgan fingerprint density at radius 1 is 1.26 bits per heavy atom. The van der Waals surface area contributed by atoms with Gasteiger partial charge in [-0.25, -0.2) is 4.98 Å². The molecule has 6 rings (SSSR count). The van der Waals surface area contributed by atoms with Gasteiger partial charge in [0.05, 0.1) is 11.3 Å². The van der Waals surface area contributed by atoms with E-state index in [-0.39, 0.29) is 11.5 Å². The van der Waals surface area contributed by atoms with Gasteiger partial charge in [0.2, 0.25) is 0 Å². The van der Waals surface area contributed by atoms with Crippen LogP contribution in [0.3, 0.4) is 0 Å². The van der Waals surface area contributed by atoms with Gasteiger partial charge in [0.25, 0.3) is 0 Å². The molecule has 8 nitrogen and oxygen atoms in total. The molecule has 0 bridgehead atoms. The molecule has 2 aliphatic carbocycles. The Hall–Kier alpha value is -3.44. The zero-order chi connectivity index (χ0) is 24.2. The van der Waals surface area contributed by atoms with Crippen LogP contribution in [0.5, 0.6) is 6.01 Å². The minimum absolute atomic E-state index is 0.00508. The molecule has 1 saturated heterocycles. The predicted molar refractivity (Wildman–Crippen MR) is 131 cm³/mol. The van der Waals surface area contributed by atoms with Gasteiger partial charge in [0.15, 0.2) is 5.76 Å². The lowest BCUT2D eigenvalue weighted by molar-refractivity contribution is 0.112. The molecule has 3 atom stereocenters. The highest BCUT2D eigenvalue weighted by molar-refractivity contribution is 5.68. The Morgan fingerprint density at radius 3 is 2.94 bits per heavy atom. The first kappa shape index (κ1) is 22.1. The average molecular weight is 471 g/mol. The number of nitrogen functional groups attached to an aromatic ring is 1. The summed E-state index contributed by atoms with van der Waals surface area (Å²) in [6.45, 7) is 3.17. The molecule has 0 saturated carbocycles. The van der Waals surface area contributed by atoms with Crippen molar-refractivity contribution in [2.24, 2.45) is 0 Å². The lowest BCUT2D eigenvalue weighted by Gasteiger charge is -2.33. The third kappa shape index (κ3) is 3.41. The average Bonchev–Trinajstić information content (AvgIpc) is 3.58. The Labute approximate surface area is 205 Å². The fourth-order valence-corrected chi connectivity index (χ4v) is 6.60. The zero-order valence-corrected chi connectivity index (χ0v) is 20.3. The maximum atomic E-state index is 9.92. The van der Waals surface area contributed by atoms with Gasteiger partial charge in [0.1, 0.15) is 17.9 Å². The standard InChI is InChI=1S/C27H30N6O2/c1-16(22-6-4-14-33(22)2)34-26-30-13-10-21(31-26)24-18-5-3-11-27(25(18)32-35-24)12-9-17-7-8-20(29)19(15-28)23(17)27/h7-8,10,13,16,22H,3-6,9,11-12,14,29H2,1-2H3/t16-,22-,27-/m0/s1. The van der Waals surface area contributed by atoms with Crippen molar-refractivity contribution >= 4 is 5.69 Å². The smallest absolute Gasteiger partial charge is 0.317 e. The van der Waals surface area contributed by atoms with Crippen LogP contribution in [0.2, 0.25) is 0 Å². The number of ether oxygens (including phenoxy) is 1. The number of hydrogen-bond acceptors (Lipinski definition) is 8. The first-order valence-electron chi connectivity index (χ1n) is 12.5. The van der Waals surface area contributed by atoms with Crippen LogP contribution in [0, 0.1) is 11.3 Å². The zero-order valence-electron chi connectivity index (χ0n) is 20.3. The SMILES string of the molecule is C[C@H](Oc1nccc(-c2onc3c2CCC[C@@]32CCc3ccc(N)c(C#N)c32)n1)[C@@H]1CCCN1C. The summed E-state index contributed by atoms with van der Waals surface area (Å²) >= 11 is 0. The predicted octanol–water partition coefficient (Wildman–Crippen LogP) is 4.02. The van der Waals surface area contributed by atoms with Crippen LogP contribution in [-0.4, -0.2) is 45.8 Å². The van der Waals surface area contributed by atoms with Crippen LogP contribution in [0.15, 0.2) is 28.9 Å². The molecule has 3 aliphatic rings. The molecule has 180 valence electrons. The Bertz CT molecular complexity index is 1330. The number of aromatic nitrogens is 3. The van der Waals surface area contributed by atoms with Crippen molar-refractivity contribution in [1.29, 1.82) is 5.26 Å². The van der Waals surface area contributed by atoms with Gasteiger partial charge >= 0.3 is 6.01 Å². The van der Waals surface area contributed by atoms with E-state index in [2.05, 4.69) is 41.1 Å².